The molecule has 0 radical (unpaired) electrons. The van der Waals surface area contributed by atoms with Crippen LogP contribution in [0.4, 0.5) is 0 Å². The number of hydrogen-bond donors (Lipinski definition) is 3. The average Bonchev–Trinajstić information content (AvgIpc) is 2.65. The average molecular weight is 442 g/mol. The number of halogens is 1. The minimum absolute atomic E-state index is 0.0817. The molecule has 0 saturated heterocycles. The van der Waals surface area contributed by atoms with Gasteiger partial charge < -0.3 is 15.1 Å². The monoisotopic (exact) mass is 441 g/mol. The number of benzene rings is 2. The van der Waals surface area contributed by atoms with E-state index in [1.807, 2.05) is 6.07 Å². The molecule has 3 N–H and O–H groups in total. The summed E-state index contributed by atoms with van der Waals surface area (Å²) in [5, 5.41) is 3.96. The van der Waals surface area contributed by atoms with Gasteiger partial charge in [0.05, 0.1) is 11.2 Å². The number of nitrogens with one attached hydrogen (secondary N) is 1. The highest BCUT2D eigenvalue weighted by molar-refractivity contribution is 7.99. The van der Waals surface area contributed by atoms with Crippen LogP contribution in [0.15, 0.2) is 53.4 Å². The minimum Gasteiger partial charge on any atom is -0.324 e. The van der Waals surface area contributed by atoms with Crippen LogP contribution in [0.25, 0.3) is 0 Å². The first-order chi connectivity index (χ1) is 13.4. The van der Waals surface area contributed by atoms with E-state index in [-0.39, 0.29) is 6.16 Å². The van der Waals surface area contributed by atoms with Crippen LogP contribution in [0.1, 0.15) is 36.8 Å². The molecule has 0 saturated carbocycles. The quantitative estimate of drug-likeness (QED) is 0.217. The summed E-state index contributed by atoms with van der Waals surface area (Å²) < 4.78 is 10.8. The lowest BCUT2D eigenvalue weighted by Gasteiger charge is -2.09. The fourth-order valence-electron chi connectivity index (χ4n) is 2.85. The molecule has 0 aliphatic carbocycles. The molecule has 0 amide bonds. The van der Waals surface area contributed by atoms with Crippen LogP contribution >= 0.6 is 31.0 Å². The minimum atomic E-state index is -3.89. The number of rotatable bonds is 13. The van der Waals surface area contributed by atoms with Crippen molar-refractivity contribution in [3.05, 3.63) is 64.7 Å². The van der Waals surface area contributed by atoms with Crippen LogP contribution in [-0.2, 0) is 17.5 Å². The van der Waals surface area contributed by atoms with Crippen molar-refractivity contribution in [3.63, 3.8) is 0 Å². The van der Waals surface area contributed by atoms with Crippen LogP contribution in [0.2, 0.25) is 5.02 Å². The van der Waals surface area contributed by atoms with Crippen molar-refractivity contribution in [2.24, 2.45) is 0 Å². The molecule has 2 aromatic carbocycles. The Labute approximate surface area is 177 Å². The van der Waals surface area contributed by atoms with Gasteiger partial charge in [-0.2, -0.15) is 0 Å². The van der Waals surface area contributed by atoms with Gasteiger partial charge in [-0.3, -0.25) is 4.57 Å². The molecular weight excluding hydrogens is 413 g/mol. The second-order valence-electron chi connectivity index (χ2n) is 6.83. The maximum absolute atomic E-state index is 10.8. The van der Waals surface area contributed by atoms with Gasteiger partial charge in [0.25, 0.3) is 0 Å². The zero-order chi connectivity index (χ0) is 20.2. The third kappa shape index (κ3) is 10.1. The van der Waals surface area contributed by atoms with Crippen molar-refractivity contribution in [3.8, 4) is 0 Å². The van der Waals surface area contributed by atoms with Crippen molar-refractivity contribution < 1.29 is 14.4 Å². The Morgan fingerprint density at radius 2 is 1.75 bits per heavy atom. The molecule has 0 heterocycles. The first kappa shape index (κ1) is 23.5. The van der Waals surface area contributed by atoms with Crippen molar-refractivity contribution in [2.75, 3.05) is 18.5 Å². The summed E-state index contributed by atoms with van der Waals surface area (Å²) in [6, 6.07) is 16.7. The zero-order valence-corrected chi connectivity index (χ0v) is 18.5. The second kappa shape index (κ2) is 12.7. The Morgan fingerprint density at radius 3 is 2.46 bits per heavy atom. The SMILES string of the molecule is O=P(O)(O)CCCNCc1ccc(SCCCCCc2ccccc2)c(Cl)c1. The Balaban J connectivity index is 1.60. The molecule has 0 fully saturated rings. The van der Waals surface area contributed by atoms with E-state index in [1.54, 1.807) is 11.8 Å². The van der Waals surface area contributed by atoms with E-state index < -0.39 is 7.60 Å². The molecule has 4 nitrogen and oxygen atoms in total. The van der Waals surface area contributed by atoms with Gasteiger partial charge in [-0.15, -0.1) is 11.8 Å². The zero-order valence-electron chi connectivity index (χ0n) is 16.0. The Morgan fingerprint density at radius 1 is 0.964 bits per heavy atom. The van der Waals surface area contributed by atoms with Crippen molar-refractivity contribution in [1.82, 2.24) is 5.32 Å². The summed E-state index contributed by atoms with van der Waals surface area (Å²) in [6.45, 7) is 1.22. The summed E-state index contributed by atoms with van der Waals surface area (Å²) >= 11 is 8.20. The van der Waals surface area contributed by atoms with Crippen molar-refractivity contribution >= 4 is 31.0 Å². The molecule has 0 aliphatic heterocycles. The molecule has 28 heavy (non-hydrogen) atoms. The van der Waals surface area contributed by atoms with Gasteiger partial charge in [-0.1, -0.05) is 54.4 Å². The summed E-state index contributed by atoms with van der Waals surface area (Å²) in [5.41, 5.74) is 2.48. The van der Waals surface area contributed by atoms with E-state index in [4.69, 9.17) is 21.4 Å². The third-order valence-electron chi connectivity index (χ3n) is 4.34. The van der Waals surface area contributed by atoms with E-state index in [2.05, 4.69) is 47.8 Å². The van der Waals surface area contributed by atoms with Crippen molar-refractivity contribution in [1.29, 1.82) is 0 Å². The third-order valence-corrected chi connectivity index (χ3v) is 6.82. The molecule has 0 aliphatic rings. The standard InChI is InChI=1S/C21H29ClNO3PS/c22-20-16-19(17-23-13-7-14-27(24,25)26)11-12-21(20)28-15-6-2-5-10-18-8-3-1-4-9-18/h1,3-4,8-9,11-12,16,23H,2,5-7,10,13-15,17H2,(H2,24,25,26). The van der Waals surface area contributed by atoms with Gasteiger partial charge in [0, 0.05) is 11.4 Å². The molecule has 7 heteroatoms. The Kier molecular flexibility index (Phi) is 10.6. The summed E-state index contributed by atoms with van der Waals surface area (Å²) in [4.78, 5) is 18.8. The topological polar surface area (TPSA) is 69.6 Å². The predicted octanol–water partition coefficient (Wildman–Crippen LogP) is 5.50. The molecule has 2 aromatic rings. The molecule has 0 bridgehead atoms. The molecule has 0 spiro atoms. The van der Waals surface area contributed by atoms with Gasteiger partial charge in [-0.05, 0) is 61.2 Å². The first-order valence-corrected chi connectivity index (χ1v) is 12.8. The smallest absolute Gasteiger partial charge is 0.324 e. The molecular formula is C21H29ClNO3PS. The number of unbranched alkanes of at least 4 members (excludes halogenated alkanes) is 2. The second-order valence-corrected chi connectivity index (χ2v) is 10.1. The van der Waals surface area contributed by atoms with Crippen LogP contribution in [0, 0.1) is 0 Å². The highest BCUT2D eigenvalue weighted by atomic mass is 35.5. The van der Waals surface area contributed by atoms with Gasteiger partial charge in [-0.25, -0.2) is 0 Å². The van der Waals surface area contributed by atoms with E-state index in [0.29, 0.717) is 19.5 Å². The number of hydrogen-bond acceptors (Lipinski definition) is 3. The molecule has 0 atom stereocenters. The van der Waals surface area contributed by atoms with Crippen LogP contribution in [0.3, 0.4) is 0 Å². The number of aryl methyl sites for hydroxylation is 1. The van der Waals surface area contributed by atoms with Gasteiger partial charge in [0.2, 0.25) is 0 Å². The lowest BCUT2D eigenvalue weighted by atomic mass is 10.1. The first-order valence-electron chi connectivity index (χ1n) is 9.64. The molecule has 154 valence electrons. The Hall–Kier alpha value is -0.810. The highest BCUT2D eigenvalue weighted by Gasteiger charge is 2.11. The molecule has 0 unspecified atom stereocenters. The maximum Gasteiger partial charge on any atom is 0.325 e. The number of thioether (sulfide) groups is 1. The van der Waals surface area contributed by atoms with Gasteiger partial charge in [0.1, 0.15) is 0 Å². The predicted molar refractivity (Wildman–Crippen MR) is 119 cm³/mol. The lowest BCUT2D eigenvalue weighted by Crippen LogP contribution is -2.15. The van der Waals surface area contributed by atoms with Crippen LogP contribution < -0.4 is 5.32 Å². The summed E-state index contributed by atoms with van der Waals surface area (Å²) in [6.07, 6.45) is 5.12. The fraction of sp³-hybridized carbons (Fsp3) is 0.429. The van der Waals surface area contributed by atoms with Crippen LogP contribution in [0.5, 0.6) is 0 Å². The van der Waals surface area contributed by atoms with Gasteiger partial charge in [0.15, 0.2) is 0 Å². The summed E-state index contributed by atoms with van der Waals surface area (Å²) in [7, 11) is -3.89. The van der Waals surface area contributed by atoms with E-state index in [9.17, 15) is 4.57 Å². The normalized spacial score (nSPS) is 11.7. The summed E-state index contributed by atoms with van der Waals surface area (Å²) in [5.74, 6) is 1.06. The Bertz CT molecular complexity index is 755. The fourth-order valence-corrected chi connectivity index (χ4v) is 4.72. The van der Waals surface area contributed by atoms with E-state index >= 15 is 0 Å². The van der Waals surface area contributed by atoms with Crippen molar-refractivity contribution in [2.45, 2.75) is 43.5 Å². The maximum atomic E-state index is 10.8. The lowest BCUT2D eigenvalue weighted by molar-refractivity contribution is 0.371. The highest BCUT2D eigenvalue weighted by Crippen LogP contribution is 2.34. The van der Waals surface area contributed by atoms with E-state index in [0.717, 1.165) is 27.7 Å². The van der Waals surface area contributed by atoms with E-state index in [1.165, 1.54) is 24.8 Å². The molecule has 0 aromatic heterocycles. The molecule has 2 rings (SSSR count). The van der Waals surface area contributed by atoms with Gasteiger partial charge >= 0.3 is 7.60 Å². The van der Waals surface area contributed by atoms with Crippen LogP contribution in [-0.4, -0.2) is 28.2 Å². The largest absolute Gasteiger partial charge is 0.325 e.